The van der Waals surface area contributed by atoms with Gasteiger partial charge in [0.1, 0.15) is 17.5 Å². The zero-order valence-electron chi connectivity index (χ0n) is 12.0. The molecule has 0 amide bonds. The van der Waals surface area contributed by atoms with Gasteiger partial charge in [0, 0.05) is 13.1 Å². The number of benzene rings is 1. The maximum absolute atomic E-state index is 13.6. The molecule has 0 atom stereocenters. The van der Waals surface area contributed by atoms with E-state index in [0.29, 0.717) is 23.5 Å². The number of hydrogen-bond acceptors (Lipinski definition) is 4. The Hall–Kier alpha value is -2.17. The molecule has 2 N–H and O–H groups in total. The van der Waals surface area contributed by atoms with E-state index in [1.165, 1.54) is 0 Å². The van der Waals surface area contributed by atoms with Crippen LogP contribution in [0.15, 0.2) is 24.5 Å². The Kier molecular flexibility index (Phi) is 4.50. The lowest BCUT2D eigenvalue weighted by atomic mass is 10.1. The molecule has 2 aromatic rings. The van der Waals surface area contributed by atoms with E-state index in [1.54, 1.807) is 26.2 Å². The van der Waals surface area contributed by atoms with Crippen LogP contribution >= 0.6 is 0 Å². The van der Waals surface area contributed by atoms with Crippen molar-refractivity contribution < 1.29 is 4.39 Å². The second kappa shape index (κ2) is 6.32. The molecule has 5 heteroatoms. The first-order valence-electron chi connectivity index (χ1n) is 6.65. The van der Waals surface area contributed by atoms with E-state index in [0.717, 1.165) is 17.9 Å². The Morgan fingerprint density at radius 1 is 1.05 bits per heavy atom. The minimum Gasteiger partial charge on any atom is -0.369 e. The van der Waals surface area contributed by atoms with E-state index >= 15 is 0 Å². The largest absolute Gasteiger partial charge is 0.369 e. The van der Waals surface area contributed by atoms with Gasteiger partial charge in [-0.1, -0.05) is 12.1 Å². The summed E-state index contributed by atoms with van der Waals surface area (Å²) in [5, 5.41) is 6.31. The molecule has 0 unspecified atom stereocenters. The zero-order chi connectivity index (χ0) is 14.5. The van der Waals surface area contributed by atoms with Crippen molar-refractivity contribution in [3.63, 3.8) is 0 Å². The predicted molar refractivity (Wildman–Crippen MR) is 79.4 cm³/mol. The molecule has 1 aromatic heterocycles. The summed E-state index contributed by atoms with van der Waals surface area (Å²) in [7, 11) is 0. The molecule has 0 aliphatic heterocycles. The normalized spacial score (nSPS) is 10.4. The monoisotopic (exact) mass is 274 g/mol. The summed E-state index contributed by atoms with van der Waals surface area (Å²) in [6.07, 6.45) is 3.35. The van der Waals surface area contributed by atoms with Crippen LogP contribution in [0.5, 0.6) is 0 Å². The summed E-state index contributed by atoms with van der Waals surface area (Å²) in [6, 6.07) is 3.69. The first kappa shape index (κ1) is 14.2. The van der Waals surface area contributed by atoms with Crippen molar-refractivity contribution >= 4 is 11.6 Å². The number of aromatic nitrogens is 2. The highest BCUT2D eigenvalue weighted by molar-refractivity contribution is 5.42. The van der Waals surface area contributed by atoms with Gasteiger partial charge in [0.25, 0.3) is 0 Å². The van der Waals surface area contributed by atoms with Crippen molar-refractivity contribution in [2.45, 2.75) is 27.3 Å². The number of nitrogens with one attached hydrogen (secondary N) is 2. The Labute approximate surface area is 118 Å². The van der Waals surface area contributed by atoms with Crippen molar-refractivity contribution in [3.8, 4) is 0 Å². The molecule has 4 nitrogen and oxygen atoms in total. The van der Waals surface area contributed by atoms with Crippen LogP contribution < -0.4 is 10.6 Å². The molecule has 0 aliphatic rings. The van der Waals surface area contributed by atoms with Crippen LogP contribution in [-0.2, 0) is 6.54 Å². The number of halogens is 1. The second-order valence-electron chi connectivity index (χ2n) is 4.72. The fraction of sp³-hybridized carbons (Fsp3) is 0.333. The summed E-state index contributed by atoms with van der Waals surface area (Å²) in [5.41, 5.74) is 2.35. The van der Waals surface area contributed by atoms with Crippen LogP contribution in [-0.4, -0.2) is 16.5 Å². The van der Waals surface area contributed by atoms with Crippen LogP contribution in [0.4, 0.5) is 16.0 Å². The number of aryl methyl sites for hydroxylation is 2. The molecular weight excluding hydrogens is 255 g/mol. The highest BCUT2D eigenvalue weighted by atomic mass is 19.1. The van der Waals surface area contributed by atoms with E-state index in [1.807, 2.05) is 19.1 Å². The van der Waals surface area contributed by atoms with Crippen LogP contribution in [0.2, 0.25) is 0 Å². The van der Waals surface area contributed by atoms with Gasteiger partial charge in [-0.2, -0.15) is 0 Å². The summed E-state index contributed by atoms with van der Waals surface area (Å²) in [6.45, 7) is 6.95. The summed E-state index contributed by atoms with van der Waals surface area (Å²) in [4.78, 5) is 8.50. The molecule has 2 rings (SSSR count). The molecule has 0 radical (unpaired) electrons. The van der Waals surface area contributed by atoms with Crippen molar-refractivity contribution in [1.82, 2.24) is 9.97 Å². The van der Waals surface area contributed by atoms with Crippen molar-refractivity contribution in [1.29, 1.82) is 0 Å². The maximum atomic E-state index is 13.6. The minimum atomic E-state index is -0.136. The van der Waals surface area contributed by atoms with Crippen LogP contribution in [0, 0.1) is 19.7 Å². The first-order chi connectivity index (χ1) is 9.60. The second-order valence-corrected chi connectivity index (χ2v) is 4.72. The summed E-state index contributed by atoms with van der Waals surface area (Å²) < 4.78 is 13.6. The summed E-state index contributed by atoms with van der Waals surface area (Å²) in [5.74, 6) is 1.30. The fourth-order valence-corrected chi connectivity index (χ4v) is 2.05. The highest BCUT2D eigenvalue weighted by Gasteiger charge is 2.04. The SMILES string of the molecule is CCNc1cncc(NCc2cc(C)c(F)c(C)c2)n1. The Bertz CT molecular complexity index is 575. The third-order valence-electron chi connectivity index (χ3n) is 2.96. The highest BCUT2D eigenvalue weighted by Crippen LogP contribution is 2.16. The molecule has 0 fully saturated rings. The zero-order valence-corrected chi connectivity index (χ0v) is 12.0. The third kappa shape index (κ3) is 3.44. The molecule has 0 spiro atoms. The smallest absolute Gasteiger partial charge is 0.147 e. The van der Waals surface area contributed by atoms with Gasteiger partial charge in [0.05, 0.1) is 12.4 Å². The van der Waals surface area contributed by atoms with E-state index in [4.69, 9.17) is 0 Å². The van der Waals surface area contributed by atoms with Gasteiger partial charge in [-0.3, -0.25) is 4.98 Å². The van der Waals surface area contributed by atoms with Crippen LogP contribution in [0.3, 0.4) is 0 Å². The standard InChI is InChI=1S/C15H19FN4/c1-4-18-13-8-17-9-14(20-13)19-7-12-5-10(2)15(16)11(3)6-12/h5-6,8-9H,4,7H2,1-3H3,(H2,18,19,20). The van der Waals surface area contributed by atoms with Gasteiger partial charge < -0.3 is 10.6 Å². The number of rotatable bonds is 5. The van der Waals surface area contributed by atoms with Gasteiger partial charge in [0.15, 0.2) is 0 Å². The van der Waals surface area contributed by atoms with Gasteiger partial charge in [-0.05, 0) is 37.5 Å². The first-order valence-corrected chi connectivity index (χ1v) is 6.65. The molecule has 1 aromatic carbocycles. The molecular formula is C15H19FN4. The average molecular weight is 274 g/mol. The third-order valence-corrected chi connectivity index (χ3v) is 2.96. The lowest BCUT2D eigenvalue weighted by Crippen LogP contribution is -2.06. The van der Waals surface area contributed by atoms with Crippen molar-refractivity contribution in [3.05, 3.63) is 47.0 Å². The van der Waals surface area contributed by atoms with Crippen molar-refractivity contribution in [2.75, 3.05) is 17.2 Å². The van der Waals surface area contributed by atoms with Crippen molar-refractivity contribution in [2.24, 2.45) is 0 Å². The van der Waals surface area contributed by atoms with Gasteiger partial charge in [-0.25, -0.2) is 9.37 Å². The number of hydrogen-bond donors (Lipinski definition) is 2. The molecule has 0 saturated carbocycles. The molecule has 1 heterocycles. The molecule has 0 saturated heterocycles. The van der Waals surface area contributed by atoms with Gasteiger partial charge >= 0.3 is 0 Å². The molecule has 0 aliphatic carbocycles. The Balaban J connectivity index is 2.07. The van der Waals surface area contributed by atoms with E-state index in [9.17, 15) is 4.39 Å². The Morgan fingerprint density at radius 3 is 2.25 bits per heavy atom. The maximum Gasteiger partial charge on any atom is 0.147 e. The van der Waals surface area contributed by atoms with E-state index in [2.05, 4.69) is 20.6 Å². The van der Waals surface area contributed by atoms with Crippen LogP contribution in [0.25, 0.3) is 0 Å². The quantitative estimate of drug-likeness (QED) is 0.878. The van der Waals surface area contributed by atoms with Gasteiger partial charge in [-0.15, -0.1) is 0 Å². The van der Waals surface area contributed by atoms with Crippen LogP contribution in [0.1, 0.15) is 23.6 Å². The van der Waals surface area contributed by atoms with Gasteiger partial charge in [0.2, 0.25) is 0 Å². The molecule has 20 heavy (non-hydrogen) atoms. The fourth-order valence-electron chi connectivity index (χ4n) is 2.05. The van der Waals surface area contributed by atoms with E-state index in [-0.39, 0.29) is 5.82 Å². The number of nitrogens with zero attached hydrogens (tertiary/aromatic N) is 2. The lowest BCUT2D eigenvalue weighted by Gasteiger charge is -2.10. The Morgan fingerprint density at radius 2 is 1.65 bits per heavy atom. The van der Waals surface area contributed by atoms with E-state index < -0.39 is 0 Å². The molecule has 106 valence electrons. The minimum absolute atomic E-state index is 0.136. The number of anilines is 2. The topological polar surface area (TPSA) is 49.8 Å². The molecule has 0 bridgehead atoms. The average Bonchev–Trinajstić information content (AvgIpc) is 2.43. The predicted octanol–water partition coefficient (Wildman–Crippen LogP) is 3.28. The summed E-state index contributed by atoms with van der Waals surface area (Å²) >= 11 is 0. The lowest BCUT2D eigenvalue weighted by molar-refractivity contribution is 0.608.